The van der Waals surface area contributed by atoms with E-state index in [9.17, 15) is 10.2 Å². The summed E-state index contributed by atoms with van der Waals surface area (Å²) in [6.45, 7) is 0.290. The Kier molecular flexibility index (Phi) is 1.45. The average Bonchev–Trinajstić information content (AvgIpc) is 2.65. The highest BCUT2D eigenvalue weighted by molar-refractivity contribution is 5.08. The number of epoxide rings is 1. The largest absolute Gasteiger partial charge is 0.395 e. The minimum Gasteiger partial charge on any atom is -0.395 e. The minimum atomic E-state index is -1.39. The van der Waals surface area contributed by atoms with E-state index < -0.39 is 17.9 Å². The second-order valence-electron chi connectivity index (χ2n) is 3.00. The van der Waals surface area contributed by atoms with Crippen LogP contribution in [0.3, 0.4) is 0 Å². The van der Waals surface area contributed by atoms with Crippen molar-refractivity contribution in [2.24, 2.45) is 0 Å². The maximum atomic E-state index is 9.40. The van der Waals surface area contributed by atoms with Crippen LogP contribution in [0.1, 0.15) is 0 Å². The number of piperidine rings is 1. The monoisotopic (exact) mass is 161 g/mol. The molecule has 64 valence electrons. The number of ether oxygens (including phenoxy) is 1. The molecule has 2 fully saturated rings. The van der Waals surface area contributed by atoms with E-state index in [0.717, 1.165) is 0 Å². The van der Waals surface area contributed by atoms with Gasteiger partial charge in [-0.3, -0.25) is 0 Å². The van der Waals surface area contributed by atoms with Crippen molar-refractivity contribution in [1.82, 2.24) is 5.32 Å². The van der Waals surface area contributed by atoms with Crippen LogP contribution in [-0.2, 0) is 4.74 Å². The molecule has 0 amide bonds. The van der Waals surface area contributed by atoms with E-state index in [2.05, 4.69) is 5.32 Å². The first kappa shape index (κ1) is 7.45. The van der Waals surface area contributed by atoms with Gasteiger partial charge in [0.25, 0.3) is 0 Å². The Morgan fingerprint density at radius 3 is 3.00 bits per heavy atom. The first-order valence-corrected chi connectivity index (χ1v) is 3.61. The number of rotatable bonds is 1. The Balaban J connectivity index is 2.08. The van der Waals surface area contributed by atoms with Gasteiger partial charge in [0.1, 0.15) is 12.2 Å². The molecule has 5 nitrogen and oxygen atoms in total. The molecule has 2 heterocycles. The van der Waals surface area contributed by atoms with Crippen LogP contribution in [0.2, 0.25) is 0 Å². The first-order valence-electron chi connectivity index (χ1n) is 3.61. The van der Waals surface area contributed by atoms with Gasteiger partial charge in [0.15, 0.2) is 0 Å². The van der Waals surface area contributed by atoms with E-state index in [1.54, 1.807) is 0 Å². The number of fused-ring (bicyclic) bond motifs is 1. The fourth-order valence-electron chi connectivity index (χ4n) is 1.46. The number of aliphatic hydroxyl groups excluding tert-OH is 2. The van der Waals surface area contributed by atoms with Gasteiger partial charge < -0.3 is 25.4 Å². The summed E-state index contributed by atoms with van der Waals surface area (Å²) in [5.41, 5.74) is 0. The van der Waals surface area contributed by atoms with Gasteiger partial charge in [-0.2, -0.15) is 0 Å². The fraction of sp³-hybridized carbons (Fsp3) is 1.00. The molecule has 2 rings (SSSR count). The second kappa shape index (κ2) is 2.15. The number of aliphatic hydroxyl groups is 3. The molecule has 0 aromatic heterocycles. The molecule has 2 aliphatic rings. The molecule has 2 aliphatic heterocycles. The smallest absolute Gasteiger partial charge is 0.222 e. The van der Waals surface area contributed by atoms with E-state index in [0.29, 0.717) is 6.54 Å². The standard InChI is InChI=1S/C6H11NO4/c8-2-3-5(9)6(10)4(11-6)1-7-3/h3-5,7-10H,1-2H2. The van der Waals surface area contributed by atoms with E-state index in [4.69, 9.17) is 9.84 Å². The third-order valence-electron chi connectivity index (χ3n) is 2.30. The van der Waals surface area contributed by atoms with Gasteiger partial charge in [-0.25, -0.2) is 0 Å². The molecule has 0 aliphatic carbocycles. The van der Waals surface area contributed by atoms with Crippen LogP contribution in [0.4, 0.5) is 0 Å². The summed E-state index contributed by atoms with van der Waals surface area (Å²) in [4.78, 5) is 0. The van der Waals surface area contributed by atoms with Gasteiger partial charge in [-0.05, 0) is 0 Å². The van der Waals surface area contributed by atoms with Crippen LogP contribution in [0.25, 0.3) is 0 Å². The van der Waals surface area contributed by atoms with Crippen LogP contribution in [0.5, 0.6) is 0 Å². The van der Waals surface area contributed by atoms with Crippen molar-refractivity contribution in [3.63, 3.8) is 0 Å². The van der Waals surface area contributed by atoms with Gasteiger partial charge in [0, 0.05) is 6.54 Å². The van der Waals surface area contributed by atoms with Crippen molar-refractivity contribution >= 4 is 0 Å². The molecule has 0 aromatic rings. The summed E-state index contributed by atoms with van der Waals surface area (Å²) in [5.74, 6) is -1.39. The summed E-state index contributed by atoms with van der Waals surface area (Å²) >= 11 is 0. The zero-order chi connectivity index (χ0) is 8.06. The Morgan fingerprint density at radius 1 is 1.64 bits per heavy atom. The highest BCUT2D eigenvalue weighted by Gasteiger charge is 2.64. The summed E-state index contributed by atoms with van der Waals surface area (Å²) in [7, 11) is 0. The quantitative estimate of drug-likeness (QED) is 0.317. The Bertz CT molecular complexity index is 176. The lowest BCUT2D eigenvalue weighted by Gasteiger charge is -2.27. The fourth-order valence-corrected chi connectivity index (χ4v) is 1.46. The molecule has 4 atom stereocenters. The third-order valence-corrected chi connectivity index (χ3v) is 2.30. The molecule has 0 saturated carbocycles. The van der Waals surface area contributed by atoms with Gasteiger partial charge >= 0.3 is 0 Å². The van der Waals surface area contributed by atoms with E-state index >= 15 is 0 Å². The van der Waals surface area contributed by atoms with Crippen molar-refractivity contribution in [1.29, 1.82) is 0 Å². The van der Waals surface area contributed by atoms with Crippen molar-refractivity contribution in [2.75, 3.05) is 13.2 Å². The number of nitrogens with one attached hydrogen (secondary N) is 1. The van der Waals surface area contributed by atoms with Gasteiger partial charge in [-0.1, -0.05) is 0 Å². The van der Waals surface area contributed by atoms with Crippen molar-refractivity contribution in [3.8, 4) is 0 Å². The molecule has 5 heteroatoms. The minimum absolute atomic E-state index is 0.195. The van der Waals surface area contributed by atoms with Gasteiger partial charge in [-0.15, -0.1) is 0 Å². The topological polar surface area (TPSA) is 85.2 Å². The molecule has 11 heavy (non-hydrogen) atoms. The SMILES string of the molecule is OCC1NCC2OC2(O)C1O. The van der Waals surface area contributed by atoms with Crippen molar-refractivity contribution in [2.45, 2.75) is 24.0 Å². The normalized spacial score (nSPS) is 55.4. The second-order valence-corrected chi connectivity index (χ2v) is 3.00. The Morgan fingerprint density at radius 2 is 2.36 bits per heavy atom. The molecule has 0 bridgehead atoms. The lowest BCUT2D eigenvalue weighted by molar-refractivity contribution is -0.0960. The van der Waals surface area contributed by atoms with Crippen LogP contribution in [-0.4, -0.2) is 52.5 Å². The zero-order valence-electron chi connectivity index (χ0n) is 5.90. The molecular formula is C6H11NO4. The summed E-state index contributed by atoms with van der Waals surface area (Å²) in [6.07, 6.45) is -1.33. The number of hydrogen-bond donors (Lipinski definition) is 4. The van der Waals surface area contributed by atoms with E-state index in [1.165, 1.54) is 0 Å². The summed E-state index contributed by atoms with van der Waals surface area (Å²) in [5, 5.41) is 30.3. The lowest BCUT2D eigenvalue weighted by Crippen LogP contribution is -2.56. The maximum absolute atomic E-state index is 9.40. The Hall–Kier alpha value is -0.200. The average molecular weight is 161 g/mol. The molecule has 0 aromatic carbocycles. The first-order chi connectivity index (χ1) is 5.18. The predicted molar refractivity (Wildman–Crippen MR) is 34.7 cm³/mol. The van der Waals surface area contributed by atoms with Gasteiger partial charge in [0.2, 0.25) is 5.79 Å². The highest BCUT2D eigenvalue weighted by Crippen LogP contribution is 2.40. The molecule has 2 saturated heterocycles. The molecular weight excluding hydrogens is 150 g/mol. The predicted octanol–water partition coefficient (Wildman–Crippen LogP) is -2.60. The molecule has 4 unspecified atom stereocenters. The highest BCUT2D eigenvalue weighted by atomic mass is 16.7. The summed E-state index contributed by atoms with van der Waals surface area (Å²) in [6, 6.07) is -0.473. The summed E-state index contributed by atoms with van der Waals surface area (Å²) < 4.78 is 4.84. The van der Waals surface area contributed by atoms with Crippen LogP contribution < -0.4 is 5.32 Å². The molecule has 4 N–H and O–H groups in total. The number of hydrogen-bond acceptors (Lipinski definition) is 5. The van der Waals surface area contributed by atoms with Crippen molar-refractivity contribution in [3.05, 3.63) is 0 Å². The zero-order valence-corrected chi connectivity index (χ0v) is 5.90. The van der Waals surface area contributed by atoms with Crippen LogP contribution >= 0.6 is 0 Å². The van der Waals surface area contributed by atoms with Crippen LogP contribution in [0, 0.1) is 0 Å². The van der Waals surface area contributed by atoms with E-state index in [-0.39, 0.29) is 12.7 Å². The maximum Gasteiger partial charge on any atom is 0.222 e. The van der Waals surface area contributed by atoms with Gasteiger partial charge in [0.05, 0.1) is 12.6 Å². The lowest BCUT2D eigenvalue weighted by atomic mass is 9.99. The molecule has 0 spiro atoms. The van der Waals surface area contributed by atoms with Crippen molar-refractivity contribution < 1.29 is 20.1 Å². The van der Waals surface area contributed by atoms with E-state index in [1.807, 2.05) is 0 Å². The Labute approximate surface area is 63.6 Å². The third kappa shape index (κ3) is 0.896. The molecule has 0 radical (unpaired) electrons. The van der Waals surface area contributed by atoms with Crippen LogP contribution in [0.15, 0.2) is 0 Å².